The molecule has 0 spiro atoms. The average Bonchev–Trinajstić information content (AvgIpc) is 3.65. The van der Waals surface area contributed by atoms with E-state index in [0.29, 0.717) is 17.2 Å². The predicted molar refractivity (Wildman–Crippen MR) is 132 cm³/mol. The van der Waals surface area contributed by atoms with E-state index < -0.39 is 5.91 Å². The first kappa shape index (κ1) is 22.7. The second-order valence-corrected chi connectivity index (χ2v) is 9.08. The second-order valence-electron chi connectivity index (χ2n) is 8.13. The third-order valence-corrected chi connectivity index (χ3v) is 6.51. The van der Waals surface area contributed by atoms with Crippen molar-refractivity contribution in [3.63, 3.8) is 0 Å². The van der Waals surface area contributed by atoms with E-state index in [1.807, 2.05) is 41.8 Å². The number of carbonyl (C=O) groups is 2. The molecule has 1 aliphatic heterocycles. The van der Waals surface area contributed by atoms with Crippen molar-refractivity contribution in [2.24, 2.45) is 0 Å². The van der Waals surface area contributed by atoms with E-state index in [9.17, 15) is 14.0 Å². The van der Waals surface area contributed by atoms with E-state index in [4.69, 9.17) is 0 Å². The summed E-state index contributed by atoms with van der Waals surface area (Å²) >= 11 is 1.47. The number of halogens is 1. The normalized spacial score (nSPS) is 13.1. The van der Waals surface area contributed by atoms with E-state index in [1.165, 1.54) is 28.2 Å². The summed E-state index contributed by atoms with van der Waals surface area (Å²) in [6.45, 7) is 1.78. The molecule has 35 heavy (non-hydrogen) atoms. The maximum Gasteiger partial charge on any atom is 0.321 e. The van der Waals surface area contributed by atoms with Gasteiger partial charge in [0.2, 0.25) is 5.82 Å². The molecule has 0 aliphatic carbocycles. The Kier molecular flexibility index (Phi) is 6.53. The van der Waals surface area contributed by atoms with Gasteiger partial charge in [-0.25, -0.2) is 18.9 Å². The van der Waals surface area contributed by atoms with Crippen LogP contribution in [0, 0.1) is 5.82 Å². The molecule has 1 aliphatic rings. The predicted octanol–water partition coefficient (Wildman–Crippen LogP) is 4.69. The number of anilines is 1. The number of urea groups is 1. The zero-order chi connectivity index (χ0) is 24.2. The van der Waals surface area contributed by atoms with E-state index in [0.717, 1.165) is 36.4 Å². The van der Waals surface area contributed by atoms with Gasteiger partial charge in [0.05, 0.1) is 10.6 Å². The largest absolute Gasteiger partial charge is 0.345 e. The summed E-state index contributed by atoms with van der Waals surface area (Å²) in [6.07, 6.45) is 2.05. The van der Waals surface area contributed by atoms with E-state index in [-0.39, 0.29) is 24.2 Å². The van der Waals surface area contributed by atoms with Crippen molar-refractivity contribution < 1.29 is 14.0 Å². The van der Waals surface area contributed by atoms with Gasteiger partial charge in [-0.2, -0.15) is 0 Å². The number of nitrogens with one attached hydrogen (secondary N) is 2. The van der Waals surface area contributed by atoms with Crippen LogP contribution in [-0.4, -0.2) is 44.7 Å². The van der Waals surface area contributed by atoms with Gasteiger partial charge in [-0.3, -0.25) is 4.79 Å². The number of benzene rings is 2. The SMILES string of the molecule is O=C(NCc1cccc(NC(=O)N2CCCC2)c1)c1nc(-c2cccs2)n(-c2ccc(F)cc2)n1. The van der Waals surface area contributed by atoms with Crippen molar-refractivity contribution in [2.75, 3.05) is 18.4 Å². The summed E-state index contributed by atoms with van der Waals surface area (Å²) in [6, 6.07) is 16.9. The highest BCUT2D eigenvalue weighted by Crippen LogP contribution is 2.25. The topological polar surface area (TPSA) is 92.2 Å². The molecule has 0 bridgehead atoms. The summed E-state index contributed by atoms with van der Waals surface area (Å²) < 4.78 is 15.0. The van der Waals surface area contributed by atoms with Crippen molar-refractivity contribution in [1.29, 1.82) is 0 Å². The van der Waals surface area contributed by atoms with Gasteiger partial charge < -0.3 is 15.5 Å². The molecule has 1 fully saturated rings. The average molecular weight is 491 g/mol. The summed E-state index contributed by atoms with van der Waals surface area (Å²) in [5.41, 5.74) is 2.10. The van der Waals surface area contributed by atoms with Crippen LogP contribution in [0.1, 0.15) is 29.0 Å². The lowest BCUT2D eigenvalue weighted by atomic mass is 10.2. The van der Waals surface area contributed by atoms with Crippen LogP contribution in [0.25, 0.3) is 16.4 Å². The molecule has 1 saturated heterocycles. The lowest BCUT2D eigenvalue weighted by molar-refractivity contribution is 0.0940. The number of thiophene rings is 1. The number of nitrogens with zero attached hydrogens (tertiary/aromatic N) is 4. The molecule has 178 valence electrons. The van der Waals surface area contributed by atoms with Crippen LogP contribution in [-0.2, 0) is 6.54 Å². The molecule has 0 saturated carbocycles. The first-order chi connectivity index (χ1) is 17.1. The van der Waals surface area contributed by atoms with Crippen molar-refractivity contribution in [2.45, 2.75) is 19.4 Å². The minimum Gasteiger partial charge on any atom is -0.345 e. The van der Waals surface area contributed by atoms with Gasteiger partial charge in [-0.1, -0.05) is 18.2 Å². The third-order valence-electron chi connectivity index (χ3n) is 5.65. The molecule has 0 atom stereocenters. The van der Waals surface area contributed by atoms with Crippen LogP contribution in [0.3, 0.4) is 0 Å². The minimum atomic E-state index is -0.435. The van der Waals surface area contributed by atoms with Crippen molar-refractivity contribution in [3.8, 4) is 16.4 Å². The number of amides is 3. The van der Waals surface area contributed by atoms with Gasteiger partial charge in [0.15, 0.2) is 5.82 Å². The molecule has 2 aromatic carbocycles. The van der Waals surface area contributed by atoms with Gasteiger partial charge in [0.25, 0.3) is 5.91 Å². The van der Waals surface area contributed by atoms with Crippen molar-refractivity contribution in [1.82, 2.24) is 25.0 Å². The quantitative estimate of drug-likeness (QED) is 0.410. The molecule has 3 amide bonds. The molecular formula is C25H23FN6O2S. The number of hydrogen-bond donors (Lipinski definition) is 2. The maximum atomic E-state index is 13.4. The van der Waals surface area contributed by atoms with Crippen molar-refractivity contribution >= 4 is 29.0 Å². The van der Waals surface area contributed by atoms with E-state index >= 15 is 0 Å². The molecule has 4 aromatic rings. The third kappa shape index (κ3) is 5.22. The molecule has 2 N–H and O–H groups in total. The second kappa shape index (κ2) is 10.1. The van der Waals surface area contributed by atoms with Gasteiger partial charge in [0.1, 0.15) is 5.82 Å². The molecule has 8 nitrogen and oxygen atoms in total. The Bertz CT molecular complexity index is 1330. The highest BCUT2D eigenvalue weighted by atomic mass is 32.1. The number of aromatic nitrogens is 3. The van der Waals surface area contributed by atoms with Crippen LogP contribution < -0.4 is 10.6 Å². The molecule has 10 heteroatoms. The number of carbonyl (C=O) groups excluding carboxylic acids is 2. The Morgan fingerprint density at radius 3 is 2.57 bits per heavy atom. The fourth-order valence-electron chi connectivity index (χ4n) is 3.88. The lowest BCUT2D eigenvalue weighted by Crippen LogP contribution is -2.32. The summed E-state index contributed by atoms with van der Waals surface area (Å²) in [5, 5.41) is 12.1. The Labute approximate surface area is 205 Å². The van der Waals surface area contributed by atoms with Crippen LogP contribution in [0.2, 0.25) is 0 Å². The fourth-order valence-corrected chi connectivity index (χ4v) is 4.58. The smallest absolute Gasteiger partial charge is 0.321 e. The molecule has 5 rings (SSSR count). The summed E-state index contributed by atoms with van der Waals surface area (Å²) in [7, 11) is 0. The Morgan fingerprint density at radius 2 is 1.83 bits per heavy atom. The standard InChI is InChI=1S/C25H23FN6O2S/c26-18-8-10-20(11-9-18)32-23(21-7-4-14-35-21)29-22(30-32)24(33)27-16-17-5-3-6-19(15-17)28-25(34)31-12-1-2-13-31/h3-11,14-15H,1-2,12-13,16H2,(H,27,33)(H,28,34). The number of likely N-dealkylation sites (tertiary alicyclic amines) is 1. The molecule has 3 heterocycles. The van der Waals surface area contributed by atoms with Gasteiger partial charge in [-0.05, 0) is 66.2 Å². The zero-order valence-corrected chi connectivity index (χ0v) is 19.6. The Hall–Kier alpha value is -4.05. The maximum absolute atomic E-state index is 13.4. The summed E-state index contributed by atoms with van der Waals surface area (Å²) in [4.78, 5) is 32.3. The fraction of sp³-hybridized carbons (Fsp3) is 0.200. The molecule has 0 unspecified atom stereocenters. The van der Waals surface area contributed by atoms with E-state index in [1.54, 1.807) is 17.0 Å². The minimum absolute atomic E-state index is 0.0104. The Balaban J connectivity index is 1.30. The number of hydrogen-bond acceptors (Lipinski definition) is 5. The lowest BCUT2D eigenvalue weighted by Gasteiger charge is -2.16. The molecular weight excluding hydrogens is 467 g/mol. The van der Waals surface area contributed by atoms with Gasteiger partial charge >= 0.3 is 6.03 Å². The highest BCUT2D eigenvalue weighted by molar-refractivity contribution is 7.13. The monoisotopic (exact) mass is 490 g/mol. The highest BCUT2D eigenvalue weighted by Gasteiger charge is 2.20. The first-order valence-electron chi connectivity index (χ1n) is 11.3. The van der Waals surface area contributed by atoms with Gasteiger partial charge in [0, 0.05) is 25.3 Å². The van der Waals surface area contributed by atoms with Crippen molar-refractivity contribution in [3.05, 3.63) is 83.2 Å². The van der Waals surface area contributed by atoms with Gasteiger partial charge in [-0.15, -0.1) is 16.4 Å². The van der Waals surface area contributed by atoms with Crippen LogP contribution in [0.15, 0.2) is 66.0 Å². The Morgan fingerprint density at radius 1 is 1.03 bits per heavy atom. The van der Waals surface area contributed by atoms with Crippen LogP contribution in [0.5, 0.6) is 0 Å². The zero-order valence-electron chi connectivity index (χ0n) is 18.8. The molecule has 2 aromatic heterocycles. The number of rotatable bonds is 6. The first-order valence-corrected chi connectivity index (χ1v) is 12.1. The van der Waals surface area contributed by atoms with Crippen LogP contribution in [0.4, 0.5) is 14.9 Å². The van der Waals surface area contributed by atoms with Crippen LogP contribution >= 0.6 is 11.3 Å². The summed E-state index contributed by atoms with van der Waals surface area (Å²) in [5.74, 6) is -0.280. The van der Waals surface area contributed by atoms with E-state index in [2.05, 4.69) is 20.7 Å². The molecule has 0 radical (unpaired) electrons.